The molecule has 17 nitrogen and oxygen atoms in total. The summed E-state index contributed by atoms with van der Waals surface area (Å²) in [5, 5.41) is 43.0. The molecular formula is C28H59O17Si2+. The van der Waals surface area contributed by atoms with Gasteiger partial charge < -0.3 is 28.3 Å². The molecule has 0 aromatic carbocycles. The Balaban J connectivity index is 3.54. The van der Waals surface area contributed by atoms with E-state index in [1.807, 2.05) is 0 Å². The zero-order valence-corrected chi connectivity index (χ0v) is 30.6. The molecule has 0 heterocycles. The summed E-state index contributed by atoms with van der Waals surface area (Å²) in [5.74, 6) is 0. The molecule has 0 aliphatic rings. The molecular weight excluding hydrogens is 664 g/mol. The molecule has 0 aliphatic carbocycles. The summed E-state index contributed by atoms with van der Waals surface area (Å²) in [7, 11) is -3.64. The molecule has 0 atom stereocenters. The van der Waals surface area contributed by atoms with E-state index in [1.54, 1.807) is 0 Å². The number of rotatable bonds is 39. The van der Waals surface area contributed by atoms with Gasteiger partial charge in [-0.15, -0.1) is 0 Å². The predicted octanol–water partition coefficient (Wildman–Crippen LogP) is 6.12. The molecule has 280 valence electrons. The molecule has 0 fully saturated rings. The smallest absolute Gasteiger partial charge is 0.281 e. The van der Waals surface area contributed by atoms with Crippen LogP contribution in [-0.4, -0.2) is 79.1 Å². The Bertz CT molecular complexity index is 691. The highest BCUT2D eigenvalue weighted by Gasteiger charge is 2.32. The maximum atomic E-state index is 8.66. The molecule has 0 bridgehead atoms. The lowest BCUT2D eigenvalue weighted by Gasteiger charge is -2.34. The molecule has 0 rings (SSSR count). The van der Waals surface area contributed by atoms with Crippen LogP contribution in [0.2, 0.25) is 38.3 Å². The summed E-state index contributed by atoms with van der Waals surface area (Å²) < 4.78 is 23.5. The Labute approximate surface area is 280 Å². The average Bonchev–Trinajstić information content (AvgIpc) is 3.03. The second-order valence-corrected chi connectivity index (χ2v) is 20.5. The van der Waals surface area contributed by atoms with Crippen molar-refractivity contribution in [2.45, 2.75) is 115 Å². The van der Waals surface area contributed by atoms with Crippen LogP contribution in [0.3, 0.4) is 0 Å². The van der Waals surface area contributed by atoms with Crippen molar-refractivity contribution in [2.75, 3.05) is 46.2 Å². The number of hydrogen-bond acceptors (Lipinski definition) is 16. The lowest BCUT2D eigenvalue weighted by atomic mass is 10.1. The molecule has 2 N–H and O–H groups in total. The number of aliphatic hydroxyl groups excluding tert-OH is 1. The number of unbranched alkanes of at least 4 members (excludes halogenated alkanes) is 9. The third-order valence-electron chi connectivity index (χ3n) is 6.35. The first kappa shape index (κ1) is 45.9. The summed E-state index contributed by atoms with van der Waals surface area (Å²) in [5.41, 5.74) is 0. The first-order valence-electron chi connectivity index (χ1n) is 16.3. The van der Waals surface area contributed by atoms with Crippen LogP contribution < -0.4 is 0 Å². The van der Waals surface area contributed by atoms with Gasteiger partial charge in [0.2, 0.25) is 0 Å². The van der Waals surface area contributed by atoms with Crippen LogP contribution in [0.4, 0.5) is 0 Å². The van der Waals surface area contributed by atoms with Crippen molar-refractivity contribution < 1.29 is 83.3 Å². The molecule has 0 spiro atoms. The molecule has 19 heteroatoms. The fourth-order valence-corrected chi connectivity index (χ4v) is 13.2. The standard InChI is InChI=1S/C28H58O17Si2/c1-46(2,27-15-20-32-24-23-31-19-14-12-10-8-6-5-7-9-11-13-17-29)45-47(3,4)28-16-21-33-25-26-35-37-39-41-43-44-42-40-38-36-34-22-18-30/h17,25-26,30H,5-16,18-24,27-28H2,1-4H3/p+1/b26-25-. The number of ether oxygens (including phenoxy) is 3. The van der Waals surface area contributed by atoms with Crippen molar-refractivity contribution in [3.8, 4) is 0 Å². The van der Waals surface area contributed by atoms with Crippen LogP contribution >= 0.6 is 0 Å². The van der Waals surface area contributed by atoms with Crippen molar-refractivity contribution in [1.82, 2.24) is 0 Å². The molecule has 0 amide bonds. The Kier molecular flexibility index (Phi) is 33.9. The van der Waals surface area contributed by atoms with Gasteiger partial charge in [0, 0.05) is 38.4 Å². The van der Waals surface area contributed by atoms with E-state index in [0.29, 0.717) is 19.8 Å². The summed E-state index contributed by atoms with van der Waals surface area (Å²) >= 11 is 0. The normalized spacial score (nSPS) is 12.3. The Morgan fingerprint density at radius 1 is 0.511 bits per heavy atom. The Morgan fingerprint density at radius 2 is 1.00 bits per heavy atom. The van der Waals surface area contributed by atoms with Crippen LogP contribution in [0.1, 0.15) is 77.0 Å². The molecule has 0 radical (unpaired) electrons. The van der Waals surface area contributed by atoms with Crippen LogP contribution in [0.25, 0.3) is 0 Å². The van der Waals surface area contributed by atoms with E-state index in [2.05, 4.69) is 81.3 Å². The lowest BCUT2D eigenvalue weighted by molar-refractivity contribution is -0.853. The summed E-state index contributed by atoms with van der Waals surface area (Å²) in [6.45, 7) is 11.9. The molecule has 0 aliphatic heterocycles. The highest BCUT2D eigenvalue weighted by Crippen LogP contribution is 2.24. The van der Waals surface area contributed by atoms with Gasteiger partial charge >= 0.3 is 0 Å². The van der Waals surface area contributed by atoms with E-state index in [-0.39, 0.29) is 13.2 Å². The minimum atomic E-state index is -1.84. The minimum Gasteiger partial charge on any atom is -0.498 e. The Hall–Kier alpha value is -1.12. The van der Waals surface area contributed by atoms with E-state index in [4.69, 9.17) is 28.2 Å². The zero-order chi connectivity index (χ0) is 34.6. The quantitative estimate of drug-likeness (QED) is 0.0146. The number of hydrogen-bond donors (Lipinski definition) is 1. The zero-order valence-electron chi connectivity index (χ0n) is 28.6. The van der Waals surface area contributed by atoms with Gasteiger partial charge in [-0.25, -0.2) is 4.89 Å². The van der Waals surface area contributed by atoms with E-state index in [0.717, 1.165) is 63.7 Å². The minimum absolute atomic E-state index is 0.159. The maximum Gasteiger partial charge on any atom is 0.281 e. The van der Waals surface area contributed by atoms with Gasteiger partial charge in [0.15, 0.2) is 22.9 Å². The highest BCUT2D eigenvalue weighted by molar-refractivity contribution is 6.84. The average molecular weight is 724 g/mol. The van der Waals surface area contributed by atoms with Crippen molar-refractivity contribution in [1.29, 1.82) is 0 Å². The molecule has 0 aromatic heterocycles. The topological polar surface area (TPSA) is 180 Å². The van der Waals surface area contributed by atoms with Gasteiger partial charge in [-0.3, -0.25) is 4.79 Å². The van der Waals surface area contributed by atoms with E-state index < -0.39 is 16.6 Å². The van der Waals surface area contributed by atoms with Gasteiger partial charge in [0.25, 0.3) is 6.29 Å². The van der Waals surface area contributed by atoms with Crippen molar-refractivity contribution in [2.24, 2.45) is 0 Å². The van der Waals surface area contributed by atoms with Crippen molar-refractivity contribution in [3.05, 3.63) is 12.5 Å². The number of aliphatic hydroxyl groups is 1. The number of aldehydes is 1. The van der Waals surface area contributed by atoms with Gasteiger partial charge in [0.05, 0.1) is 32.8 Å². The SMILES string of the molecule is C[Si](C)(CCCO/C=C\OOOOOOOOOOOCCO)O[Si](C)(C)CCCOCCOCCCCCCCCCCCC=[OH+]. The monoisotopic (exact) mass is 723 g/mol. The fraction of sp³-hybridized carbons (Fsp3) is 0.893. The first-order valence-corrected chi connectivity index (χ1v) is 22.5. The number of carbonyl (C=O) groups excluding carboxylic acids is 1. The molecule has 0 unspecified atom stereocenters. The summed E-state index contributed by atoms with van der Waals surface area (Å²) in [6.07, 6.45) is 17.4. The molecule has 0 saturated carbocycles. The molecule has 0 saturated heterocycles. The molecule has 47 heavy (non-hydrogen) atoms. The van der Waals surface area contributed by atoms with E-state index >= 15 is 0 Å². The third kappa shape index (κ3) is 37.6. The van der Waals surface area contributed by atoms with Gasteiger partial charge in [0.1, 0.15) is 12.9 Å². The summed E-state index contributed by atoms with van der Waals surface area (Å²) in [4.78, 5) is 17.3. The van der Waals surface area contributed by atoms with E-state index in [1.165, 1.54) is 57.5 Å². The largest absolute Gasteiger partial charge is 0.498 e. The van der Waals surface area contributed by atoms with E-state index in [9.17, 15) is 0 Å². The maximum absolute atomic E-state index is 8.66. The second-order valence-electron chi connectivity index (χ2n) is 11.6. The van der Waals surface area contributed by atoms with Crippen LogP contribution in [0, 0.1) is 0 Å². The first-order chi connectivity index (χ1) is 22.8. The fourth-order valence-electron chi connectivity index (χ4n) is 4.37. The predicted molar refractivity (Wildman–Crippen MR) is 170 cm³/mol. The molecule has 0 aromatic rings. The summed E-state index contributed by atoms with van der Waals surface area (Å²) in [6, 6.07) is 2.01. The second kappa shape index (κ2) is 34.7. The third-order valence-corrected chi connectivity index (χ3v) is 13.9. The van der Waals surface area contributed by atoms with Crippen molar-refractivity contribution >= 4 is 22.9 Å². The van der Waals surface area contributed by atoms with Crippen LogP contribution in [0.5, 0.6) is 0 Å². The van der Waals surface area contributed by atoms with Crippen molar-refractivity contribution in [3.63, 3.8) is 0 Å². The Morgan fingerprint density at radius 3 is 1.57 bits per heavy atom. The highest BCUT2D eigenvalue weighted by atomic mass is 28.4. The van der Waals surface area contributed by atoms with Gasteiger partial charge in [-0.05, 0) is 84.1 Å². The van der Waals surface area contributed by atoms with Crippen LogP contribution in [0.15, 0.2) is 12.5 Å². The lowest BCUT2D eigenvalue weighted by Crippen LogP contribution is -2.44. The van der Waals surface area contributed by atoms with Crippen LogP contribution in [-0.2, 0) is 73.4 Å². The van der Waals surface area contributed by atoms with Gasteiger partial charge in [-0.1, -0.05) is 44.9 Å². The van der Waals surface area contributed by atoms with Gasteiger partial charge in [-0.2, -0.15) is 0 Å².